The monoisotopic (exact) mass is 340 g/mol. The van der Waals surface area contributed by atoms with E-state index in [2.05, 4.69) is 5.32 Å². The topological polar surface area (TPSA) is 81.4 Å². The Morgan fingerprint density at radius 2 is 1.64 bits per heavy atom. The molecule has 0 radical (unpaired) electrons. The molecule has 0 saturated heterocycles. The van der Waals surface area contributed by atoms with Crippen molar-refractivity contribution in [2.75, 3.05) is 0 Å². The normalized spacial score (nSPS) is 12.3. The van der Waals surface area contributed by atoms with Crippen LogP contribution in [0.4, 0.5) is 4.79 Å². The SMILES string of the molecule is CC(C)(C)OC(=O)N[C@H](Cc1ccccc1C(N)=O)c1ccccc1. The molecule has 0 aliphatic heterocycles. The summed E-state index contributed by atoms with van der Waals surface area (Å²) in [5, 5.41) is 2.89. The molecule has 0 aliphatic carbocycles. The molecule has 2 aromatic rings. The van der Waals surface area contributed by atoms with Crippen LogP contribution >= 0.6 is 0 Å². The van der Waals surface area contributed by atoms with Crippen molar-refractivity contribution in [2.45, 2.75) is 38.8 Å². The van der Waals surface area contributed by atoms with Crippen LogP contribution in [0.1, 0.15) is 48.3 Å². The van der Waals surface area contributed by atoms with Gasteiger partial charge in [-0.3, -0.25) is 4.79 Å². The Hall–Kier alpha value is -2.82. The third-order valence-corrected chi connectivity index (χ3v) is 3.60. The van der Waals surface area contributed by atoms with Crippen molar-refractivity contribution in [2.24, 2.45) is 5.73 Å². The van der Waals surface area contributed by atoms with E-state index in [-0.39, 0.29) is 6.04 Å². The molecule has 3 N–H and O–H groups in total. The van der Waals surface area contributed by atoms with Gasteiger partial charge >= 0.3 is 6.09 Å². The second kappa shape index (κ2) is 7.83. The standard InChI is InChI=1S/C20H24N2O3/c1-20(2,3)25-19(24)22-17(14-9-5-4-6-10-14)13-15-11-7-8-12-16(15)18(21)23/h4-12,17H,13H2,1-3H3,(H2,21,23)(H,22,24)/t17-/m1/s1. The van der Waals surface area contributed by atoms with Gasteiger partial charge in [0, 0.05) is 5.56 Å². The van der Waals surface area contributed by atoms with Gasteiger partial charge in [-0.05, 0) is 44.4 Å². The molecule has 0 aromatic heterocycles. The molecule has 5 heteroatoms. The second-order valence-electron chi connectivity index (χ2n) is 6.84. The lowest BCUT2D eigenvalue weighted by atomic mass is 9.95. The summed E-state index contributed by atoms with van der Waals surface area (Å²) in [7, 11) is 0. The van der Waals surface area contributed by atoms with Gasteiger partial charge in [-0.2, -0.15) is 0 Å². The summed E-state index contributed by atoms with van der Waals surface area (Å²) in [4.78, 5) is 23.9. The van der Waals surface area contributed by atoms with E-state index in [1.807, 2.05) is 63.2 Å². The predicted octanol–water partition coefficient (Wildman–Crippen LogP) is 3.59. The molecule has 5 nitrogen and oxygen atoms in total. The lowest BCUT2D eigenvalue weighted by Gasteiger charge is -2.24. The van der Waals surface area contributed by atoms with Crippen LogP contribution in [0.3, 0.4) is 0 Å². The van der Waals surface area contributed by atoms with Crippen LogP contribution in [0.25, 0.3) is 0 Å². The molecular formula is C20H24N2O3. The number of primary amides is 1. The van der Waals surface area contributed by atoms with Gasteiger partial charge in [0.25, 0.3) is 0 Å². The third-order valence-electron chi connectivity index (χ3n) is 3.60. The van der Waals surface area contributed by atoms with Crippen LogP contribution < -0.4 is 11.1 Å². The van der Waals surface area contributed by atoms with Crippen molar-refractivity contribution in [3.05, 3.63) is 71.3 Å². The minimum absolute atomic E-state index is 0.337. The van der Waals surface area contributed by atoms with E-state index in [1.165, 1.54) is 0 Å². The summed E-state index contributed by atoms with van der Waals surface area (Å²) in [6.45, 7) is 5.44. The van der Waals surface area contributed by atoms with Crippen molar-refractivity contribution >= 4 is 12.0 Å². The van der Waals surface area contributed by atoms with Gasteiger partial charge in [0.2, 0.25) is 5.91 Å². The van der Waals surface area contributed by atoms with Crippen molar-refractivity contribution in [3.63, 3.8) is 0 Å². The number of carbonyl (C=O) groups excluding carboxylic acids is 2. The number of nitrogens with one attached hydrogen (secondary N) is 1. The largest absolute Gasteiger partial charge is 0.444 e. The summed E-state index contributed by atoms with van der Waals surface area (Å²) in [5.74, 6) is -0.486. The fourth-order valence-electron chi connectivity index (χ4n) is 2.55. The Morgan fingerprint density at radius 1 is 1.04 bits per heavy atom. The molecule has 0 aliphatic rings. The van der Waals surface area contributed by atoms with Gasteiger partial charge in [0.05, 0.1) is 6.04 Å². The molecule has 0 fully saturated rings. The van der Waals surface area contributed by atoms with Crippen LogP contribution in [0.5, 0.6) is 0 Å². The van der Waals surface area contributed by atoms with Gasteiger partial charge in [-0.25, -0.2) is 4.79 Å². The summed E-state index contributed by atoms with van der Waals surface area (Å²) in [6.07, 6.45) is -0.0690. The number of rotatable bonds is 5. The first-order chi connectivity index (χ1) is 11.8. The molecule has 0 heterocycles. The quantitative estimate of drug-likeness (QED) is 0.872. The average Bonchev–Trinajstić information content (AvgIpc) is 2.53. The van der Waals surface area contributed by atoms with Crippen molar-refractivity contribution in [1.82, 2.24) is 5.32 Å². The molecule has 0 unspecified atom stereocenters. The molecule has 132 valence electrons. The number of alkyl carbamates (subject to hydrolysis) is 1. The fourth-order valence-corrected chi connectivity index (χ4v) is 2.55. The lowest BCUT2D eigenvalue weighted by Crippen LogP contribution is -2.36. The average molecular weight is 340 g/mol. The molecule has 1 atom stereocenters. The highest BCUT2D eigenvalue weighted by molar-refractivity contribution is 5.94. The van der Waals surface area contributed by atoms with Gasteiger partial charge in [0.15, 0.2) is 0 Å². The molecular weight excluding hydrogens is 316 g/mol. The molecule has 2 rings (SSSR count). The number of ether oxygens (including phenoxy) is 1. The van der Waals surface area contributed by atoms with Crippen LogP contribution in [-0.4, -0.2) is 17.6 Å². The van der Waals surface area contributed by atoms with Crippen molar-refractivity contribution < 1.29 is 14.3 Å². The smallest absolute Gasteiger partial charge is 0.408 e. The zero-order chi connectivity index (χ0) is 18.4. The number of hydrogen-bond donors (Lipinski definition) is 2. The predicted molar refractivity (Wildman–Crippen MR) is 97.2 cm³/mol. The Labute approximate surface area is 148 Å². The summed E-state index contributed by atoms with van der Waals surface area (Å²) < 4.78 is 5.36. The Morgan fingerprint density at radius 3 is 2.24 bits per heavy atom. The number of amides is 2. The van der Waals surface area contributed by atoms with E-state index in [1.54, 1.807) is 12.1 Å². The highest BCUT2D eigenvalue weighted by Gasteiger charge is 2.22. The van der Waals surface area contributed by atoms with E-state index >= 15 is 0 Å². The fraction of sp³-hybridized carbons (Fsp3) is 0.300. The molecule has 2 aromatic carbocycles. The first-order valence-corrected chi connectivity index (χ1v) is 8.18. The maximum atomic E-state index is 12.2. The maximum absolute atomic E-state index is 12.2. The lowest BCUT2D eigenvalue weighted by molar-refractivity contribution is 0.0503. The Bertz CT molecular complexity index is 736. The molecule has 0 saturated carbocycles. The molecule has 0 bridgehead atoms. The van der Waals surface area contributed by atoms with Gasteiger partial charge in [-0.1, -0.05) is 48.5 Å². The number of hydrogen-bond acceptors (Lipinski definition) is 3. The van der Waals surface area contributed by atoms with Gasteiger partial charge in [0.1, 0.15) is 5.60 Å². The van der Waals surface area contributed by atoms with E-state index in [0.717, 1.165) is 11.1 Å². The molecule has 2 amide bonds. The highest BCUT2D eigenvalue weighted by atomic mass is 16.6. The van der Waals surface area contributed by atoms with E-state index in [4.69, 9.17) is 10.5 Å². The minimum Gasteiger partial charge on any atom is -0.444 e. The van der Waals surface area contributed by atoms with Crippen LogP contribution in [0, 0.1) is 0 Å². The Kier molecular flexibility index (Phi) is 5.80. The van der Waals surface area contributed by atoms with Crippen LogP contribution in [0.15, 0.2) is 54.6 Å². The van der Waals surface area contributed by atoms with E-state index in [0.29, 0.717) is 12.0 Å². The molecule has 0 spiro atoms. The van der Waals surface area contributed by atoms with E-state index in [9.17, 15) is 9.59 Å². The summed E-state index contributed by atoms with van der Waals surface area (Å²) in [5.41, 5.74) is 7.03. The first-order valence-electron chi connectivity index (χ1n) is 8.18. The molecule has 25 heavy (non-hydrogen) atoms. The van der Waals surface area contributed by atoms with Crippen molar-refractivity contribution in [3.8, 4) is 0 Å². The maximum Gasteiger partial charge on any atom is 0.408 e. The minimum atomic E-state index is -0.587. The second-order valence-corrected chi connectivity index (χ2v) is 6.84. The van der Waals surface area contributed by atoms with E-state index < -0.39 is 17.6 Å². The van der Waals surface area contributed by atoms with Crippen molar-refractivity contribution in [1.29, 1.82) is 0 Å². The number of nitrogens with two attached hydrogens (primary N) is 1. The van der Waals surface area contributed by atoms with Gasteiger partial charge in [-0.15, -0.1) is 0 Å². The number of benzene rings is 2. The zero-order valence-electron chi connectivity index (χ0n) is 14.8. The van der Waals surface area contributed by atoms with Crippen LogP contribution in [0.2, 0.25) is 0 Å². The summed E-state index contributed by atoms with van der Waals surface area (Å²) >= 11 is 0. The third kappa shape index (κ3) is 5.64. The van der Waals surface area contributed by atoms with Gasteiger partial charge < -0.3 is 15.8 Å². The van der Waals surface area contributed by atoms with Crippen LogP contribution in [-0.2, 0) is 11.2 Å². The zero-order valence-corrected chi connectivity index (χ0v) is 14.8. The first kappa shape index (κ1) is 18.5. The Balaban J connectivity index is 2.27. The number of carbonyl (C=O) groups is 2. The summed E-state index contributed by atoms with van der Waals surface area (Å²) in [6, 6.07) is 16.4. The highest BCUT2D eigenvalue weighted by Crippen LogP contribution is 2.21.